The van der Waals surface area contributed by atoms with E-state index < -0.39 is 0 Å². The van der Waals surface area contributed by atoms with Gasteiger partial charge in [0.05, 0.1) is 22.3 Å². The van der Waals surface area contributed by atoms with Crippen LogP contribution in [0.25, 0.3) is 78.0 Å². The maximum Gasteiger partial charge on any atom is 0.228 e. The summed E-state index contributed by atoms with van der Waals surface area (Å²) in [6.07, 6.45) is 0. The van der Waals surface area contributed by atoms with Crippen LogP contribution in [0.3, 0.4) is 0 Å². The van der Waals surface area contributed by atoms with Gasteiger partial charge in [-0.1, -0.05) is 121 Å². The second-order valence-electron chi connectivity index (χ2n) is 10.1. The van der Waals surface area contributed by atoms with Gasteiger partial charge < -0.3 is 4.42 Å². The van der Waals surface area contributed by atoms with Crippen LogP contribution in [-0.4, -0.2) is 15.0 Å². The van der Waals surface area contributed by atoms with Crippen molar-refractivity contribution in [3.8, 4) is 45.0 Å². The van der Waals surface area contributed by atoms with Gasteiger partial charge in [0.25, 0.3) is 0 Å². The first-order chi connectivity index (χ1) is 20.3. The van der Waals surface area contributed by atoms with Gasteiger partial charge in [-0.15, -0.1) is 0 Å². The Balaban J connectivity index is 1.31. The summed E-state index contributed by atoms with van der Waals surface area (Å²) >= 11 is 0. The van der Waals surface area contributed by atoms with Crippen molar-refractivity contribution >= 4 is 33.0 Å². The first-order valence-corrected chi connectivity index (χ1v) is 13.6. The SMILES string of the molecule is c1ccc(-c2cc(-c3ccccc3)nc(-c3ccc(-c4c5ccccc5nc5oc6ccccc6c45)cc3)n2)cc1. The van der Waals surface area contributed by atoms with E-state index >= 15 is 0 Å². The molecule has 0 aliphatic carbocycles. The van der Waals surface area contributed by atoms with Crippen molar-refractivity contribution in [2.45, 2.75) is 0 Å². The largest absolute Gasteiger partial charge is 0.438 e. The molecular weight excluding hydrogens is 502 g/mol. The van der Waals surface area contributed by atoms with Crippen LogP contribution in [0.5, 0.6) is 0 Å². The van der Waals surface area contributed by atoms with Gasteiger partial charge in [-0.25, -0.2) is 15.0 Å². The minimum atomic E-state index is 0.648. The summed E-state index contributed by atoms with van der Waals surface area (Å²) in [5.41, 5.74) is 9.45. The number of fused-ring (bicyclic) bond motifs is 4. The highest BCUT2D eigenvalue weighted by molar-refractivity contribution is 6.18. The first kappa shape index (κ1) is 23.3. The highest BCUT2D eigenvalue weighted by atomic mass is 16.3. The number of benzene rings is 5. The Kier molecular flexibility index (Phi) is 5.42. The molecule has 0 spiro atoms. The highest BCUT2D eigenvalue weighted by Crippen LogP contribution is 2.40. The van der Waals surface area contributed by atoms with Gasteiger partial charge >= 0.3 is 0 Å². The molecule has 0 N–H and O–H groups in total. The fourth-order valence-corrected chi connectivity index (χ4v) is 5.56. The Morgan fingerprint density at radius 3 is 1.68 bits per heavy atom. The van der Waals surface area contributed by atoms with Gasteiger partial charge in [-0.05, 0) is 23.8 Å². The Bertz CT molecular complexity index is 2130. The van der Waals surface area contributed by atoms with E-state index in [0.29, 0.717) is 11.5 Å². The molecule has 0 aliphatic rings. The van der Waals surface area contributed by atoms with E-state index in [0.717, 1.165) is 66.5 Å². The molecule has 5 aromatic carbocycles. The Morgan fingerprint density at radius 2 is 1.00 bits per heavy atom. The van der Waals surface area contributed by atoms with Gasteiger partial charge in [0, 0.05) is 33.0 Å². The lowest BCUT2D eigenvalue weighted by molar-refractivity contribution is 0.656. The average Bonchev–Trinajstić information content (AvgIpc) is 3.42. The molecule has 0 fully saturated rings. The number of hydrogen-bond acceptors (Lipinski definition) is 4. The van der Waals surface area contributed by atoms with E-state index in [-0.39, 0.29) is 0 Å². The van der Waals surface area contributed by atoms with Gasteiger partial charge in [-0.3, -0.25) is 0 Å². The van der Waals surface area contributed by atoms with E-state index in [4.69, 9.17) is 19.4 Å². The zero-order valence-corrected chi connectivity index (χ0v) is 22.0. The average molecular weight is 526 g/mol. The Labute approximate surface area is 236 Å². The molecule has 0 unspecified atom stereocenters. The third-order valence-corrected chi connectivity index (χ3v) is 7.52. The minimum absolute atomic E-state index is 0.648. The molecule has 3 aromatic heterocycles. The fraction of sp³-hybridized carbons (Fsp3) is 0. The topological polar surface area (TPSA) is 51.8 Å². The number of hydrogen-bond donors (Lipinski definition) is 0. The van der Waals surface area contributed by atoms with Crippen molar-refractivity contribution in [3.63, 3.8) is 0 Å². The zero-order valence-electron chi connectivity index (χ0n) is 22.0. The first-order valence-electron chi connectivity index (χ1n) is 13.6. The summed E-state index contributed by atoms with van der Waals surface area (Å²) in [5.74, 6) is 0.690. The van der Waals surface area contributed by atoms with Crippen LogP contribution in [0, 0.1) is 0 Å². The quantitative estimate of drug-likeness (QED) is 0.230. The van der Waals surface area contributed by atoms with Gasteiger partial charge in [0.15, 0.2) is 5.82 Å². The number of para-hydroxylation sites is 2. The second kappa shape index (κ2) is 9.54. The second-order valence-corrected chi connectivity index (χ2v) is 10.1. The van der Waals surface area contributed by atoms with Crippen molar-refractivity contribution in [2.24, 2.45) is 0 Å². The molecule has 4 nitrogen and oxygen atoms in total. The fourth-order valence-electron chi connectivity index (χ4n) is 5.56. The highest BCUT2D eigenvalue weighted by Gasteiger charge is 2.18. The standard InChI is InChI=1S/C37H23N3O/c1-3-11-24(12-4-1)31-23-32(25-13-5-2-6-14-25)39-36(38-31)27-21-19-26(20-22-27)34-28-15-7-9-17-30(28)40-37-35(34)29-16-8-10-18-33(29)41-37/h1-23H. The van der Waals surface area contributed by atoms with Crippen LogP contribution >= 0.6 is 0 Å². The smallest absolute Gasteiger partial charge is 0.228 e. The van der Waals surface area contributed by atoms with E-state index in [9.17, 15) is 0 Å². The monoisotopic (exact) mass is 525 g/mol. The Hall–Kier alpha value is -5.61. The number of nitrogens with zero attached hydrogens (tertiary/aromatic N) is 3. The number of aromatic nitrogens is 3. The van der Waals surface area contributed by atoms with E-state index in [1.54, 1.807) is 0 Å². The summed E-state index contributed by atoms with van der Waals surface area (Å²) in [6, 6.07) is 47.5. The Morgan fingerprint density at radius 1 is 0.439 bits per heavy atom. The molecular formula is C37H23N3O. The van der Waals surface area contributed by atoms with Crippen molar-refractivity contribution in [1.29, 1.82) is 0 Å². The van der Waals surface area contributed by atoms with Gasteiger partial charge in [0.1, 0.15) is 5.58 Å². The number of pyridine rings is 1. The molecule has 8 rings (SSSR count). The molecule has 4 heteroatoms. The summed E-state index contributed by atoms with van der Waals surface area (Å²) in [5, 5.41) is 3.18. The van der Waals surface area contributed by atoms with Crippen LogP contribution in [0.2, 0.25) is 0 Å². The van der Waals surface area contributed by atoms with Crippen molar-refractivity contribution in [2.75, 3.05) is 0 Å². The molecule has 8 aromatic rings. The van der Waals surface area contributed by atoms with Crippen LogP contribution in [0.1, 0.15) is 0 Å². The van der Waals surface area contributed by atoms with E-state index in [1.165, 1.54) is 0 Å². The molecule has 0 saturated carbocycles. The van der Waals surface area contributed by atoms with E-state index in [1.807, 2.05) is 66.7 Å². The van der Waals surface area contributed by atoms with Crippen LogP contribution < -0.4 is 0 Å². The third-order valence-electron chi connectivity index (χ3n) is 7.52. The third kappa shape index (κ3) is 4.05. The molecule has 0 radical (unpaired) electrons. The van der Waals surface area contributed by atoms with Gasteiger partial charge in [-0.2, -0.15) is 0 Å². The summed E-state index contributed by atoms with van der Waals surface area (Å²) < 4.78 is 6.20. The molecule has 192 valence electrons. The lowest BCUT2D eigenvalue weighted by Crippen LogP contribution is -1.96. The predicted octanol–water partition coefficient (Wildman–Crippen LogP) is 9.59. The molecule has 3 heterocycles. The normalized spacial score (nSPS) is 11.4. The number of rotatable bonds is 4. The predicted molar refractivity (Wildman–Crippen MR) is 166 cm³/mol. The maximum absolute atomic E-state index is 6.20. The molecule has 0 saturated heterocycles. The lowest BCUT2D eigenvalue weighted by Gasteiger charge is -2.11. The molecule has 0 amide bonds. The van der Waals surface area contributed by atoms with E-state index in [2.05, 4.69) is 72.8 Å². The summed E-state index contributed by atoms with van der Waals surface area (Å²) in [6.45, 7) is 0. The minimum Gasteiger partial charge on any atom is -0.438 e. The van der Waals surface area contributed by atoms with Crippen LogP contribution in [0.4, 0.5) is 0 Å². The summed E-state index contributed by atoms with van der Waals surface area (Å²) in [7, 11) is 0. The maximum atomic E-state index is 6.20. The zero-order chi connectivity index (χ0) is 27.2. The van der Waals surface area contributed by atoms with Crippen molar-refractivity contribution in [3.05, 3.63) is 140 Å². The number of furan rings is 1. The molecule has 0 bridgehead atoms. The van der Waals surface area contributed by atoms with Crippen molar-refractivity contribution < 1.29 is 4.42 Å². The van der Waals surface area contributed by atoms with Crippen LogP contribution in [0.15, 0.2) is 144 Å². The van der Waals surface area contributed by atoms with Crippen LogP contribution in [-0.2, 0) is 0 Å². The molecule has 0 atom stereocenters. The molecule has 0 aliphatic heterocycles. The summed E-state index contributed by atoms with van der Waals surface area (Å²) in [4.78, 5) is 14.9. The molecule has 41 heavy (non-hydrogen) atoms. The lowest BCUT2D eigenvalue weighted by atomic mass is 9.95. The van der Waals surface area contributed by atoms with Gasteiger partial charge in [0.2, 0.25) is 5.71 Å². The van der Waals surface area contributed by atoms with Crippen molar-refractivity contribution in [1.82, 2.24) is 15.0 Å².